The summed E-state index contributed by atoms with van der Waals surface area (Å²) >= 11 is 6.43. The molecule has 208 valence electrons. The molecule has 0 bridgehead atoms. The molecule has 1 unspecified atom stereocenters. The van der Waals surface area contributed by atoms with Gasteiger partial charge in [-0.3, -0.25) is 13.9 Å². The Balaban J connectivity index is 1.87. The average Bonchev–Trinajstić information content (AvgIpc) is 2.90. The van der Waals surface area contributed by atoms with Gasteiger partial charge in [-0.15, -0.1) is 0 Å². The number of hydrogen-bond donors (Lipinski definition) is 1. The monoisotopic (exact) mass is 569 g/mol. The zero-order valence-corrected chi connectivity index (χ0v) is 24.4. The number of nitrogens with zero attached hydrogens (tertiary/aromatic N) is 2. The SMILES string of the molecule is CNC(=O)C(Cc1ccccc1)N(Cc1ccccc1Cl)C(=O)CCCN(c1cc(C)ccc1C)S(C)(=O)=O. The van der Waals surface area contributed by atoms with Gasteiger partial charge in [0.1, 0.15) is 6.04 Å². The predicted octanol–water partition coefficient (Wildman–Crippen LogP) is 4.89. The molecule has 7 nitrogen and oxygen atoms in total. The Morgan fingerprint density at radius 3 is 2.28 bits per heavy atom. The van der Waals surface area contributed by atoms with Crippen molar-refractivity contribution in [3.63, 3.8) is 0 Å². The Hall–Kier alpha value is -3.36. The molecule has 39 heavy (non-hydrogen) atoms. The molecule has 2 amide bonds. The maximum absolute atomic E-state index is 13.7. The van der Waals surface area contributed by atoms with Crippen molar-refractivity contribution >= 4 is 39.1 Å². The molecular formula is C30H36ClN3O4S. The molecular weight excluding hydrogens is 534 g/mol. The highest BCUT2D eigenvalue weighted by Crippen LogP contribution is 2.25. The van der Waals surface area contributed by atoms with Crippen LogP contribution in [0.2, 0.25) is 5.02 Å². The van der Waals surface area contributed by atoms with Crippen LogP contribution in [0.4, 0.5) is 5.69 Å². The number of nitrogens with one attached hydrogen (secondary N) is 1. The fourth-order valence-electron chi connectivity index (χ4n) is 4.50. The minimum Gasteiger partial charge on any atom is -0.357 e. The number of likely N-dealkylation sites (N-methyl/N-ethyl adjacent to an activating group) is 1. The lowest BCUT2D eigenvalue weighted by Crippen LogP contribution is -2.49. The summed E-state index contributed by atoms with van der Waals surface area (Å²) in [5.41, 5.74) is 4.02. The Morgan fingerprint density at radius 1 is 0.974 bits per heavy atom. The lowest BCUT2D eigenvalue weighted by molar-refractivity contribution is -0.141. The molecule has 1 atom stereocenters. The number of halogens is 1. The summed E-state index contributed by atoms with van der Waals surface area (Å²) in [5.74, 6) is -0.540. The van der Waals surface area contributed by atoms with Gasteiger partial charge in [-0.1, -0.05) is 72.3 Å². The van der Waals surface area contributed by atoms with E-state index in [4.69, 9.17) is 11.6 Å². The zero-order valence-electron chi connectivity index (χ0n) is 22.9. The Bertz CT molecular complexity index is 1400. The van der Waals surface area contributed by atoms with Crippen LogP contribution in [0.15, 0.2) is 72.8 Å². The first kappa shape index (κ1) is 30.2. The van der Waals surface area contributed by atoms with E-state index in [0.29, 0.717) is 17.1 Å². The fraction of sp³-hybridized carbons (Fsp3) is 0.333. The maximum Gasteiger partial charge on any atom is 0.242 e. The lowest BCUT2D eigenvalue weighted by Gasteiger charge is -2.32. The van der Waals surface area contributed by atoms with Crippen molar-refractivity contribution < 1.29 is 18.0 Å². The third kappa shape index (κ3) is 8.31. The molecule has 0 saturated carbocycles. The van der Waals surface area contributed by atoms with Gasteiger partial charge in [0, 0.05) is 38.0 Å². The largest absolute Gasteiger partial charge is 0.357 e. The van der Waals surface area contributed by atoms with Gasteiger partial charge < -0.3 is 10.2 Å². The van der Waals surface area contributed by atoms with Crippen LogP contribution in [0.1, 0.15) is 35.1 Å². The summed E-state index contributed by atoms with van der Waals surface area (Å²) in [7, 11) is -2.03. The molecule has 0 aromatic heterocycles. The minimum atomic E-state index is -3.58. The molecule has 0 heterocycles. The fourth-order valence-corrected chi connectivity index (χ4v) is 5.71. The second-order valence-electron chi connectivity index (χ2n) is 9.66. The first-order valence-corrected chi connectivity index (χ1v) is 15.1. The molecule has 0 spiro atoms. The molecule has 9 heteroatoms. The van der Waals surface area contributed by atoms with Gasteiger partial charge in [0.25, 0.3) is 0 Å². The second kappa shape index (κ2) is 13.6. The standard InChI is InChI=1S/C30H36ClN3O4S/c1-22-16-17-23(2)27(19-22)34(39(4,37)38)18-10-15-29(35)33(21-25-13-8-9-14-26(25)31)28(30(36)32-3)20-24-11-6-5-7-12-24/h5-9,11-14,16-17,19,28H,10,15,18,20-21H2,1-4H3,(H,32,36). The van der Waals surface area contributed by atoms with Gasteiger partial charge in [-0.05, 0) is 54.7 Å². The van der Waals surface area contributed by atoms with Crippen molar-refractivity contribution in [1.82, 2.24) is 10.2 Å². The highest BCUT2D eigenvalue weighted by Gasteiger charge is 2.30. The topological polar surface area (TPSA) is 86.8 Å². The van der Waals surface area contributed by atoms with Crippen molar-refractivity contribution in [1.29, 1.82) is 0 Å². The molecule has 0 aliphatic carbocycles. The van der Waals surface area contributed by atoms with E-state index in [2.05, 4.69) is 5.32 Å². The van der Waals surface area contributed by atoms with E-state index >= 15 is 0 Å². The van der Waals surface area contributed by atoms with Crippen molar-refractivity contribution in [3.05, 3.63) is 100 Å². The third-order valence-corrected chi connectivity index (χ3v) is 8.15. The molecule has 0 aliphatic rings. The summed E-state index contributed by atoms with van der Waals surface area (Å²) in [6.45, 7) is 4.06. The molecule has 0 fully saturated rings. The zero-order chi connectivity index (χ0) is 28.6. The Labute approximate surface area is 236 Å². The lowest BCUT2D eigenvalue weighted by atomic mass is 10.0. The first-order chi connectivity index (χ1) is 18.5. The molecule has 0 radical (unpaired) electrons. The number of carbonyl (C=O) groups excluding carboxylic acids is 2. The van der Waals surface area contributed by atoms with E-state index in [-0.39, 0.29) is 37.7 Å². The number of rotatable bonds is 12. The quantitative estimate of drug-likeness (QED) is 0.336. The summed E-state index contributed by atoms with van der Waals surface area (Å²) in [5, 5.41) is 3.20. The van der Waals surface area contributed by atoms with E-state index in [0.717, 1.165) is 22.3 Å². The highest BCUT2D eigenvalue weighted by atomic mass is 35.5. The number of anilines is 1. The van der Waals surface area contributed by atoms with Gasteiger partial charge in [0.15, 0.2) is 0 Å². The average molecular weight is 570 g/mol. The van der Waals surface area contributed by atoms with Gasteiger partial charge in [0.2, 0.25) is 21.8 Å². The number of sulfonamides is 1. The minimum absolute atomic E-state index is 0.0591. The van der Waals surface area contributed by atoms with E-state index < -0.39 is 16.1 Å². The van der Waals surface area contributed by atoms with Crippen LogP contribution < -0.4 is 9.62 Å². The first-order valence-electron chi connectivity index (χ1n) is 12.8. The van der Waals surface area contributed by atoms with E-state index in [1.165, 1.54) is 10.6 Å². The number of benzene rings is 3. The van der Waals surface area contributed by atoms with E-state index in [1.807, 2.05) is 80.6 Å². The van der Waals surface area contributed by atoms with E-state index in [1.54, 1.807) is 18.0 Å². The molecule has 0 aliphatic heterocycles. The number of carbonyl (C=O) groups is 2. The molecule has 1 N–H and O–H groups in total. The van der Waals surface area contributed by atoms with Crippen molar-refractivity contribution in [2.45, 2.75) is 45.7 Å². The molecule has 0 saturated heterocycles. The van der Waals surface area contributed by atoms with Crippen LogP contribution in [0.3, 0.4) is 0 Å². The predicted molar refractivity (Wildman–Crippen MR) is 157 cm³/mol. The molecule has 3 aromatic carbocycles. The Kier molecular flexibility index (Phi) is 10.5. The van der Waals surface area contributed by atoms with Crippen molar-refractivity contribution in [3.8, 4) is 0 Å². The normalized spacial score (nSPS) is 12.0. The summed E-state index contributed by atoms with van der Waals surface area (Å²) in [4.78, 5) is 28.4. The van der Waals surface area contributed by atoms with Gasteiger partial charge in [-0.25, -0.2) is 8.42 Å². The second-order valence-corrected chi connectivity index (χ2v) is 12.0. The van der Waals surface area contributed by atoms with Crippen LogP contribution in [0.5, 0.6) is 0 Å². The van der Waals surface area contributed by atoms with Crippen LogP contribution >= 0.6 is 11.6 Å². The summed E-state index contributed by atoms with van der Waals surface area (Å²) < 4.78 is 26.7. The van der Waals surface area contributed by atoms with Gasteiger partial charge >= 0.3 is 0 Å². The van der Waals surface area contributed by atoms with Crippen LogP contribution in [0, 0.1) is 13.8 Å². The van der Waals surface area contributed by atoms with Crippen LogP contribution in [-0.2, 0) is 32.6 Å². The Morgan fingerprint density at radius 2 is 1.64 bits per heavy atom. The van der Waals surface area contributed by atoms with E-state index in [9.17, 15) is 18.0 Å². The van der Waals surface area contributed by atoms with Crippen molar-refractivity contribution in [2.24, 2.45) is 0 Å². The number of hydrogen-bond acceptors (Lipinski definition) is 4. The van der Waals surface area contributed by atoms with Gasteiger partial charge in [-0.2, -0.15) is 0 Å². The van der Waals surface area contributed by atoms with Crippen LogP contribution in [0.25, 0.3) is 0 Å². The highest BCUT2D eigenvalue weighted by molar-refractivity contribution is 7.92. The molecule has 3 rings (SSSR count). The summed E-state index contributed by atoms with van der Waals surface area (Å²) in [6, 6.07) is 21.6. The van der Waals surface area contributed by atoms with Gasteiger partial charge in [0.05, 0.1) is 11.9 Å². The molecule has 3 aromatic rings. The number of aryl methyl sites for hydroxylation is 2. The smallest absolute Gasteiger partial charge is 0.242 e. The van der Waals surface area contributed by atoms with Crippen molar-refractivity contribution in [2.75, 3.05) is 24.2 Å². The summed E-state index contributed by atoms with van der Waals surface area (Å²) in [6.07, 6.45) is 1.84. The van der Waals surface area contributed by atoms with Crippen LogP contribution in [-0.4, -0.2) is 51.0 Å². The number of amides is 2. The third-order valence-electron chi connectivity index (χ3n) is 6.60. The maximum atomic E-state index is 13.7.